The van der Waals surface area contributed by atoms with E-state index < -0.39 is 0 Å². The van der Waals surface area contributed by atoms with Crippen molar-refractivity contribution in [1.29, 1.82) is 0 Å². The molecule has 2 N–H and O–H groups in total. The predicted molar refractivity (Wildman–Crippen MR) is 58.6 cm³/mol. The SMILES string of the molecule is CSc1cc(N2CC(C)(N)C2)ncn1. The minimum atomic E-state index is -0.0511. The van der Waals surface area contributed by atoms with Crippen molar-refractivity contribution in [1.82, 2.24) is 9.97 Å². The van der Waals surface area contributed by atoms with Gasteiger partial charge in [0.05, 0.1) is 0 Å². The fourth-order valence-electron chi connectivity index (χ4n) is 1.60. The lowest BCUT2D eigenvalue weighted by atomic mass is 9.94. The molecular weight excluding hydrogens is 196 g/mol. The van der Waals surface area contributed by atoms with E-state index >= 15 is 0 Å². The van der Waals surface area contributed by atoms with Crippen LogP contribution in [-0.4, -0.2) is 34.9 Å². The highest BCUT2D eigenvalue weighted by molar-refractivity contribution is 7.98. The molecular formula is C9H14N4S. The van der Waals surface area contributed by atoms with Gasteiger partial charge >= 0.3 is 0 Å². The average Bonchev–Trinajstić information content (AvgIpc) is 2.14. The molecule has 14 heavy (non-hydrogen) atoms. The molecule has 0 radical (unpaired) electrons. The lowest BCUT2D eigenvalue weighted by Gasteiger charge is -2.46. The number of nitrogens with zero attached hydrogens (tertiary/aromatic N) is 3. The lowest BCUT2D eigenvalue weighted by Crippen LogP contribution is -2.65. The van der Waals surface area contributed by atoms with Gasteiger partial charge in [-0.1, -0.05) is 0 Å². The summed E-state index contributed by atoms with van der Waals surface area (Å²) in [6.45, 7) is 3.80. The van der Waals surface area contributed by atoms with Crippen molar-refractivity contribution in [2.45, 2.75) is 17.5 Å². The molecule has 5 heteroatoms. The molecule has 1 aromatic rings. The minimum Gasteiger partial charge on any atom is -0.353 e. The third kappa shape index (κ3) is 1.83. The summed E-state index contributed by atoms with van der Waals surface area (Å²) < 4.78 is 0. The van der Waals surface area contributed by atoms with E-state index in [-0.39, 0.29) is 5.54 Å². The van der Waals surface area contributed by atoms with Gasteiger partial charge in [0.15, 0.2) is 0 Å². The zero-order valence-electron chi connectivity index (χ0n) is 8.40. The lowest BCUT2D eigenvalue weighted by molar-refractivity contribution is 0.362. The van der Waals surface area contributed by atoms with Crippen LogP contribution in [0.2, 0.25) is 0 Å². The maximum absolute atomic E-state index is 5.93. The second kappa shape index (κ2) is 3.40. The summed E-state index contributed by atoms with van der Waals surface area (Å²) in [7, 11) is 0. The summed E-state index contributed by atoms with van der Waals surface area (Å²) in [6.07, 6.45) is 3.61. The number of hydrogen-bond acceptors (Lipinski definition) is 5. The molecule has 1 aliphatic heterocycles. The molecule has 0 bridgehead atoms. The Kier molecular flexibility index (Phi) is 2.36. The fraction of sp³-hybridized carbons (Fsp3) is 0.556. The van der Waals surface area contributed by atoms with Gasteiger partial charge in [0, 0.05) is 24.7 Å². The Balaban J connectivity index is 2.11. The molecule has 0 atom stereocenters. The zero-order chi connectivity index (χ0) is 10.2. The van der Waals surface area contributed by atoms with Crippen LogP contribution in [0.1, 0.15) is 6.92 Å². The standard InChI is InChI=1S/C9H14N4S/c1-9(10)4-13(5-9)7-3-8(14-2)12-6-11-7/h3,6H,4-5,10H2,1-2H3. The van der Waals surface area contributed by atoms with Crippen LogP contribution >= 0.6 is 11.8 Å². The van der Waals surface area contributed by atoms with Gasteiger partial charge in [0.25, 0.3) is 0 Å². The number of thioether (sulfide) groups is 1. The second-order valence-electron chi connectivity index (χ2n) is 3.93. The van der Waals surface area contributed by atoms with E-state index in [0.717, 1.165) is 23.9 Å². The molecule has 1 aliphatic rings. The van der Waals surface area contributed by atoms with E-state index in [2.05, 4.69) is 21.8 Å². The summed E-state index contributed by atoms with van der Waals surface area (Å²) in [5.41, 5.74) is 5.88. The van der Waals surface area contributed by atoms with Crippen LogP contribution in [0.5, 0.6) is 0 Å². The monoisotopic (exact) mass is 210 g/mol. The molecule has 1 fully saturated rings. The van der Waals surface area contributed by atoms with E-state index in [1.54, 1.807) is 18.1 Å². The van der Waals surface area contributed by atoms with Gasteiger partial charge < -0.3 is 10.6 Å². The van der Waals surface area contributed by atoms with Crippen LogP contribution in [0.15, 0.2) is 17.4 Å². The maximum Gasteiger partial charge on any atom is 0.133 e. The topological polar surface area (TPSA) is 55.0 Å². The van der Waals surface area contributed by atoms with Gasteiger partial charge in [0.1, 0.15) is 17.2 Å². The number of nitrogens with two attached hydrogens (primary N) is 1. The first-order valence-corrected chi connectivity index (χ1v) is 5.73. The Hall–Kier alpha value is -0.810. The second-order valence-corrected chi connectivity index (χ2v) is 4.76. The molecule has 0 saturated carbocycles. The third-order valence-corrected chi connectivity index (χ3v) is 2.91. The average molecular weight is 210 g/mol. The van der Waals surface area contributed by atoms with Gasteiger partial charge in [-0.3, -0.25) is 0 Å². The van der Waals surface area contributed by atoms with Crippen LogP contribution in [0.25, 0.3) is 0 Å². The van der Waals surface area contributed by atoms with Crippen molar-refractivity contribution < 1.29 is 0 Å². The Morgan fingerprint density at radius 1 is 1.50 bits per heavy atom. The summed E-state index contributed by atoms with van der Waals surface area (Å²) in [5.74, 6) is 0.979. The van der Waals surface area contributed by atoms with Crippen LogP contribution in [-0.2, 0) is 0 Å². The van der Waals surface area contributed by atoms with Crippen LogP contribution < -0.4 is 10.6 Å². The third-order valence-electron chi connectivity index (χ3n) is 2.26. The summed E-state index contributed by atoms with van der Waals surface area (Å²) in [4.78, 5) is 10.5. The molecule has 1 aromatic heterocycles. The van der Waals surface area contributed by atoms with Crippen molar-refractivity contribution in [2.24, 2.45) is 5.73 Å². The van der Waals surface area contributed by atoms with E-state index in [1.165, 1.54) is 0 Å². The van der Waals surface area contributed by atoms with Crippen molar-refractivity contribution in [2.75, 3.05) is 24.2 Å². The quantitative estimate of drug-likeness (QED) is 0.576. The highest BCUT2D eigenvalue weighted by atomic mass is 32.2. The van der Waals surface area contributed by atoms with E-state index in [0.29, 0.717) is 0 Å². The first-order valence-electron chi connectivity index (χ1n) is 4.51. The maximum atomic E-state index is 5.93. The Bertz CT molecular complexity index is 331. The van der Waals surface area contributed by atoms with Crippen LogP contribution in [0.3, 0.4) is 0 Å². The van der Waals surface area contributed by atoms with Crippen LogP contribution in [0.4, 0.5) is 5.82 Å². The van der Waals surface area contributed by atoms with Gasteiger partial charge in [-0.25, -0.2) is 9.97 Å². The van der Waals surface area contributed by atoms with Crippen molar-refractivity contribution in [3.05, 3.63) is 12.4 Å². The van der Waals surface area contributed by atoms with Crippen molar-refractivity contribution in [3.63, 3.8) is 0 Å². The zero-order valence-corrected chi connectivity index (χ0v) is 9.21. The summed E-state index contributed by atoms with van der Waals surface area (Å²) in [5, 5.41) is 1.00. The normalized spacial score (nSPS) is 19.2. The molecule has 2 heterocycles. The predicted octanol–water partition coefficient (Wildman–Crippen LogP) is 0.736. The van der Waals surface area contributed by atoms with Crippen molar-refractivity contribution in [3.8, 4) is 0 Å². The first-order chi connectivity index (χ1) is 6.61. The van der Waals surface area contributed by atoms with E-state index in [4.69, 9.17) is 5.73 Å². The van der Waals surface area contributed by atoms with Crippen LogP contribution in [0, 0.1) is 0 Å². The number of anilines is 1. The largest absolute Gasteiger partial charge is 0.353 e. The number of rotatable bonds is 2. The smallest absolute Gasteiger partial charge is 0.133 e. The highest BCUT2D eigenvalue weighted by Crippen LogP contribution is 2.25. The number of hydrogen-bond donors (Lipinski definition) is 1. The minimum absolute atomic E-state index is 0.0511. The molecule has 0 unspecified atom stereocenters. The molecule has 1 saturated heterocycles. The highest BCUT2D eigenvalue weighted by Gasteiger charge is 2.35. The van der Waals surface area contributed by atoms with E-state index in [1.807, 2.05) is 12.3 Å². The molecule has 0 aliphatic carbocycles. The van der Waals surface area contributed by atoms with Gasteiger partial charge in [-0.2, -0.15) is 0 Å². The van der Waals surface area contributed by atoms with Gasteiger partial charge in [-0.15, -0.1) is 11.8 Å². The van der Waals surface area contributed by atoms with Gasteiger partial charge in [-0.05, 0) is 13.2 Å². The molecule has 76 valence electrons. The van der Waals surface area contributed by atoms with Crippen molar-refractivity contribution >= 4 is 17.6 Å². The Labute approximate surface area is 87.9 Å². The molecule has 0 spiro atoms. The molecule has 0 amide bonds. The Morgan fingerprint density at radius 2 is 2.21 bits per heavy atom. The fourth-order valence-corrected chi connectivity index (χ4v) is 1.98. The van der Waals surface area contributed by atoms with E-state index in [9.17, 15) is 0 Å². The molecule has 0 aromatic carbocycles. The first kappa shape index (κ1) is 9.73. The summed E-state index contributed by atoms with van der Waals surface area (Å²) in [6, 6.07) is 2.00. The molecule has 2 rings (SSSR count). The summed E-state index contributed by atoms with van der Waals surface area (Å²) >= 11 is 1.63. The Morgan fingerprint density at radius 3 is 2.79 bits per heavy atom. The van der Waals surface area contributed by atoms with Gasteiger partial charge in [0.2, 0.25) is 0 Å². The molecule has 4 nitrogen and oxygen atoms in total. The number of aromatic nitrogens is 2.